The fraction of sp³-hybridized carbons (Fsp3) is 0.429. The molecule has 1 aromatic carbocycles. The van der Waals surface area contributed by atoms with Crippen LogP contribution >= 0.6 is 11.6 Å². The first kappa shape index (κ1) is 28.9. The number of fused-ring (bicyclic) bond motifs is 1. The van der Waals surface area contributed by atoms with Gasteiger partial charge in [-0.1, -0.05) is 18.2 Å². The highest BCUT2D eigenvalue weighted by molar-refractivity contribution is 7.91. The maximum absolute atomic E-state index is 13.3. The van der Waals surface area contributed by atoms with Crippen molar-refractivity contribution in [3.05, 3.63) is 53.7 Å². The summed E-state index contributed by atoms with van der Waals surface area (Å²) >= 11 is 6.98. The number of nitrogens with one attached hydrogen (secondary N) is 1. The molecule has 0 spiro atoms. The van der Waals surface area contributed by atoms with Crippen LogP contribution in [0, 0.1) is 0 Å². The lowest BCUT2D eigenvalue weighted by Crippen LogP contribution is -2.34. The number of halogens is 1. The van der Waals surface area contributed by atoms with Crippen LogP contribution in [0.5, 0.6) is 11.6 Å². The van der Waals surface area contributed by atoms with Crippen LogP contribution in [0.4, 0.5) is 5.95 Å². The Morgan fingerprint density at radius 3 is 2.68 bits per heavy atom. The number of pyridine rings is 1. The van der Waals surface area contributed by atoms with Gasteiger partial charge in [0.25, 0.3) is 5.91 Å². The first-order chi connectivity index (χ1) is 19.7. The van der Waals surface area contributed by atoms with E-state index >= 15 is 0 Å². The lowest BCUT2D eigenvalue weighted by molar-refractivity contribution is -0.126. The molecule has 5 rings (SSSR count). The number of benzene rings is 1. The van der Waals surface area contributed by atoms with Gasteiger partial charge in [0, 0.05) is 30.9 Å². The number of ether oxygens (including phenoxy) is 2. The first-order valence-electron chi connectivity index (χ1n) is 13.5. The fourth-order valence-corrected chi connectivity index (χ4v) is 7.07. The number of nitrogens with zero attached hydrogens (tertiary/aromatic N) is 4. The van der Waals surface area contributed by atoms with E-state index in [-0.39, 0.29) is 35.5 Å². The molecular formula is C28H32ClN5O6S. The van der Waals surface area contributed by atoms with E-state index in [1.54, 1.807) is 23.1 Å². The lowest BCUT2D eigenvalue weighted by Gasteiger charge is -2.27. The van der Waals surface area contributed by atoms with Crippen molar-refractivity contribution in [1.82, 2.24) is 19.4 Å². The van der Waals surface area contributed by atoms with Crippen molar-refractivity contribution in [2.75, 3.05) is 37.0 Å². The minimum absolute atomic E-state index is 0.0701. The normalized spacial score (nSPS) is 19.4. The van der Waals surface area contributed by atoms with Crippen LogP contribution in [0.2, 0.25) is 5.02 Å². The van der Waals surface area contributed by atoms with Crippen LogP contribution in [-0.2, 0) is 14.6 Å². The fourth-order valence-electron chi connectivity index (χ4n) is 5.33. The lowest BCUT2D eigenvalue weighted by atomic mass is 10.1. The van der Waals surface area contributed by atoms with Gasteiger partial charge in [-0.25, -0.2) is 18.4 Å². The maximum atomic E-state index is 13.3. The Kier molecular flexibility index (Phi) is 8.50. The molecule has 3 aromatic rings. The molecule has 0 unspecified atom stereocenters. The molecule has 2 amide bonds. The molecule has 0 bridgehead atoms. The average Bonchev–Trinajstić information content (AvgIpc) is 3.16. The first-order valence-corrected chi connectivity index (χ1v) is 15.7. The highest BCUT2D eigenvalue weighted by Gasteiger charge is 2.30. The molecule has 2 fully saturated rings. The number of hydrogen-bond acceptors (Lipinski definition) is 8. The van der Waals surface area contributed by atoms with Crippen LogP contribution in [0.25, 0.3) is 11.0 Å². The minimum Gasteiger partial charge on any atom is -0.489 e. The summed E-state index contributed by atoms with van der Waals surface area (Å²) in [5.41, 5.74) is 1.44. The van der Waals surface area contributed by atoms with Gasteiger partial charge in [0.1, 0.15) is 16.9 Å². The van der Waals surface area contributed by atoms with Crippen molar-refractivity contribution < 1.29 is 27.5 Å². The van der Waals surface area contributed by atoms with Gasteiger partial charge in [-0.3, -0.25) is 14.9 Å². The zero-order valence-electron chi connectivity index (χ0n) is 22.7. The number of amides is 2. The third-order valence-corrected chi connectivity index (χ3v) is 9.56. The molecule has 1 atom stereocenters. The highest BCUT2D eigenvalue weighted by Crippen LogP contribution is 2.39. The Morgan fingerprint density at radius 2 is 1.95 bits per heavy atom. The number of aromatic nitrogens is 3. The molecule has 4 heterocycles. The Bertz CT molecular complexity index is 1580. The molecule has 11 nitrogen and oxygen atoms in total. The molecule has 0 saturated carbocycles. The van der Waals surface area contributed by atoms with E-state index in [2.05, 4.69) is 16.9 Å². The van der Waals surface area contributed by atoms with E-state index in [4.69, 9.17) is 26.1 Å². The summed E-state index contributed by atoms with van der Waals surface area (Å²) < 4.78 is 37.0. The number of carbonyl (C=O) groups excluding carboxylic acids is 2. The third-order valence-electron chi connectivity index (χ3n) is 7.48. The molecule has 2 aliphatic heterocycles. The molecule has 2 aliphatic rings. The van der Waals surface area contributed by atoms with Gasteiger partial charge in [0.15, 0.2) is 9.84 Å². The van der Waals surface area contributed by atoms with Crippen LogP contribution in [0.15, 0.2) is 43.1 Å². The smallest absolute Gasteiger partial charge is 0.258 e. The van der Waals surface area contributed by atoms with E-state index in [9.17, 15) is 18.0 Å². The van der Waals surface area contributed by atoms with Gasteiger partial charge in [0.2, 0.25) is 17.7 Å². The van der Waals surface area contributed by atoms with Crippen LogP contribution < -0.4 is 14.8 Å². The van der Waals surface area contributed by atoms with E-state index in [1.807, 2.05) is 4.57 Å². The number of likely N-dealkylation sites (tertiary alicyclic amines) is 1. The number of methoxy groups -OCH3 is 1. The van der Waals surface area contributed by atoms with Crippen molar-refractivity contribution in [2.45, 2.75) is 44.2 Å². The van der Waals surface area contributed by atoms with Crippen LogP contribution in [0.1, 0.15) is 48.5 Å². The Balaban J connectivity index is 1.55. The van der Waals surface area contributed by atoms with Crippen LogP contribution in [-0.4, -0.2) is 77.5 Å². The van der Waals surface area contributed by atoms with Gasteiger partial charge < -0.3 is 18.9 Å². The number of anilines is 1. The van der Waals surface area contributed by atoms with Crippen molar-refractivity contribution in [3.63, 3.8) is 0 Å². The number of rotatable bonds is 7. The molecule has 41 heavy (non-hydrogen) atoms. The molecule has 2 saturated heterocycles. The van der Waals surface area contributed by atoms with Crippen molar-refractivity contribution in [2.24, 2.45) is 0 Å². The summed E-state index contributed by atoms with van der Waals surface area (Å²) in [7, 11) is -1.57. The second-order valence-corrected chi connectivity index (χ2v) is 12.9. The van der Waals surface area contributed by atoms with Gasteiger partial charge in [-0.05, 0) is 56.4 Å². The van der Waals surface area contributed by atoms with Crippen LogP contribution in [0.3, 0.4) is 0 Å². The van der Waals surface area contributed by atoms with Crippen molar-refractivity contribution in [3.8, 4) is 11.6 Å². The van der Waals surface area contributed by atoms with E-state index in [0.717, 1.165) is 19.3 Å². The van der Waals surface area contributed by atoms with Gasteiger partial charge in [0.05, 0.1) is 35.7 Å². The standard InChI is InChI=1S/C28H32ClN5O6S/c1-3-24(35)33-13-5-4-6-19(17-33)34-26-21(31-28(34)32-27(36)18-9-12-30-23(16-18)39-2)7-8-22(25(26)29)40-20-10-14-41(37,38)15-11-20/h3,7-9,12,16,19-20H,1,4-6,10-11,13-15,17H2,2H3,(H,31,32,36)/t19-/m1/s1. The minimum atomic E-state index is -3.05. The number of carbonyl (C=O) groups is 2. The zero-order valence-corrected chi connectivity index (χ0v) is 24.3. The van der Waals surface area contributed by atoms with E-state index < -0.39 is 15.7 Å². The van der Waals surface area contributed by atoms with Gasteiger partial charge in [-0.15, -0.1) is 0 Å². The maximum Gasteiger partial charge on any atom is 0.258 e. The molecule has 218 valence electrons. The zero-order chi connectivity index (χ0) is 29.1. The molecule has 0 aliphatic carbocycles. The highest BCUT2D eigenvalue weighted by atomic mass is 35.5. The second kappa shape index (κ2) is 12.1. The molecule has 0 radical (unpaired) electrons. The van der Waals surface area contributed by atoms with Gasteiger partial charge in [-0.2, -0.15) is 0 Å². The monoisotopic (exact) mass is 601 g/mol. The summed E-state index contributed by atoms with van der Waals surface area (Å²) in [5, 5.41) is 3.23. The number of hydrogen-bond donors (Lipinski definition) is 1. The number of imidazole rings is 1. The topological polar surface area (TPSA) is 133 Å². The van der Waals surface area contributed by atoms with E-state index in [1.165, 1.54) is 25.4 Å². The van der Waals surface area contributed by atoms with Gasteiger partial charge >= 0.3 is 0 Å². The second-order valence-electron chi connectivity index (χ2n) is 10.2. The summed E-state index contributed by atoms with van der Waals surface area (Å²) in [4.78, 5) is 36.4. The Hall–Kier alpha value is -3.64. The summed E-state index contributed by atoms with van der Waals surface area (Å²) in [6.45, 7) is 4.62. The summed E-state index contributed by atoms with van der Waals surface area (Å²) in [6, 6.07) is 6.33. The Labute approximate surface area is 243 Å². The summed E-state index contributed by atoms with van der Waals surface area (Å²) in [6.07, 6.45) is 5.67. The predicted molar refractivity (Wildman–Crippen MR) is 155 cm³/mol. The molecule has 2 aromatic heterocycles. The molecular weight excluding hydrogens is 570 g/mol. The average molecular weight is 602 g/mol. The number of sulfone groups is 1. The SMILES string of the molecule is C=CC(=O)N1CCCC[C@@H](n2c(NC(=O)c3ccnc(OC)c3)nc3ccc(OC4CCS(=O)(=O)CC4)c(Cl)c32)C1. The molecule has 13 heteroatoms. The predicted octanol–water partition coefficient (Wildman–Crippen LogP) is 4.04. The molecule has 1 N–H and O–H groups in total. The third kappa shape index (κ3) is 6.33. The van der Waals surface area contributed by atoms with Crippen molar-refractivity contribution >= 4 is 50.2 Å². The van der Waals surface area contributed by atoms with Crippen molar-refractivity contribution in [1.29, 1.82) is 0 Å². The summed E-state index contributed by atoms with van der Waals surface area (Å²) in [5.74, 6) is 0.551. The largest absolute Gasteiger partial charge is 0.489 e. The Morgan fingerprint density at radius 1 is 1.17 bits per heavy atom. The van der Waals surface area contributed by atoms with E-state index in [0.29, 0.717) is 59.2 Å². The quantitative estimate of drug-likeness (QED) is 0.401.